The largest absolute Gasteiger partial charge is 0.497 e. The molecular weight excluding hydrogens is 380 g/mol. The van der Waals surface area contributed by atoms with Gasteiger partial charge in [-0.1, -0.05) is 42.5 Å². The molecule has 0 amide bonds. The number of carbonyl (C=O) groups is 2. The Hall–Kier alpha value is -3.86. The smallest absolute Gasteiger partial charge is 0.336 e. The van der Waals surface area contributed by atoms with E-state index in [9.17, 15) is 14.7 Å². The van der Waals surface area contributed by atoms with E-state index in [4.69, 9.17) is 9.47 Å². The van der Waals surface area contributed by atoms with Crippen LogP contribution in [0.25, 0.3) is 5.57 Å². The summed E-state index contributed by atoms with van der Waals surface area (Å²) in [6.45, 7) is 0. The first kappa shape index (κ1) is 20.9. The molecule has 30 heavy (non-hydrogen) atoms. The quantitative estimate of drug-likeness (QED) is 0.438. The molecular formula is C25H22O5. The van der Waals surface area contributed by atoms with E-state index in [1.54, 1.807) is 55.6 Å². The third kappa shape index (κ3) is 4.75. The van der Waals surface area contributed by atoms with Crippen LogP contribution < -0.4 is 9.47 Å². The summed E-state index contributed by atoms with van der Waals surface area (Å²) in [7, 11) is 3.06. The Morgan fingerprint density at radius 3 is 2.03 bits per heavy atom. The predicted octanol–water partition coefficient (Wildman–Crippen LogP) is 4.67. The van der Waals surface area contributed by atoms with Gasteiger partial charge in [-0.25, -0.2) is 4.79 Å². The van der Waals surface area contributed by atoms with Crippen LogP contribution >= 0.6 is 0 Å². The van der Waals surface area contributed by atoms with Crippen molar-refractivity contribution in [2.45, 2.75) is 6.42 Å². The zero-order valence-corrected chi connectivity index (χ0v) is 16.8. The van der Waals surface area contributed by atoms with Crippen LogP contribution in [0.5, 0.6) is 11.5 Å². The van der Waals surface area contributed by atoms with Gasteiger partial charge >= 0.3 is 5.97 Å². The van der Waals surface area contributed by atoms with Crippen molar-refractivity contribution in [3.05, 3.63) is 101 Å². The molecule has 0 unspecified atom stereocenters. The monoisotopic (exact) mass is 402 g/mol. The van der Waals surface area contributed by atoms with Crippen molar-refractivity contribution in [2.75, 3.05) is 14.2 Å². The summed E-state index contributed by atoms with van der Waals surface area (Å²) in [4.78, 5) is 25.7. The van der Waals surface area contributed by atoms with E-state index < -0.39 is 5.97 Å². The molecule has 0 atom stereocenters. The Morgan fingerprint density at radius 2 is 1.43 bits per heavy atom. The SMILES string of the molecule is COc1ccc(C(=O)/C(Cc2ccccc2)=C(\C(=O)O)c2cccc(OC)c2)cc1. The van der Waals surface area contributed by atoms with Crippen molar-refractivity contribution in [1.82, 2.24) is 0 Å². The van der Waals surface area contributed by atoms with Crippen LogP contribution in [0.3, 0.4) is 0 Å². The number of methoxy groups -OCH3 is 2. The average molecular weight is 402 g/mol. The van der Waals surface area contributed by atoms with Crippen LogP contribution in [-0.4, -0.2) is 31.1 Å². The van der Waals surface area contributed by atoms with E-state index >= 15 is 0 Å². The minimum atomic E-state index is -1.17. The number of ketones is 1. The van der Waals surface area contributed by atoms with Crippen molar-refractivity contribution in [3.63, 3.8) is 0 Å². The van der Waals surface area contributed by atoms with Gasteiger partial charge in [0.05, 0.1) is 19.8 Å². The van der Waals surface area contributed by atoms with Gasteiger partial charge in [-0.05, 0) is 47.5 Å². The highest BCUT2D eigenvalue weighted by Gasteiger charge is 2.24. The van der Waals surface area contributed by atoms with Crippen molar-refractivity contribution < 1.29 is 24.2 Å². The summed E-state index contributed by atoms with van der Waals surface area (Å²) in [5.41, 5.74) is 1.81. The van der Waals surface area contributed by atoms with Gasteiger partial charge in [0, 0.05) is 17.6 Å². The standard InChI is InChI=1S/C25H22O5/c1-29-20-13-11-18(12-14-20)24(26)22(15-17-7-4-3-5-8-17)23(25(27)28)19-9-6-10-21(16-19)30-2/h3-14,16H,15H2,1-2H3,(H,27,28)/b23-22-. The summed E-state index contributed by atoms with van der Waals surface area (Å²) in [5, 5.41) is 10.0. The van der Waals surface area contributed by atoms with Crippen LogP contribution in [0.15, 0.2) is 84.4 Å². The second-order valence-corrected chi connectivity index (χ2v) is 6.61. The summed E-state index contributed by atoms with van der Waals surface area (Å²) >= 11 is 0. The Bertz CT molecular complexity index is 1070. The van der Waals surface area contributed by atoms with E-state index in [0.717, 1.165) is 5.56 Å². The second-order valence-electron chi connectivity index (χ2n) is 6.61. The number of Topliss-reactive ketones (excluding diaryl/α,β-unsaturated/α-hetero) is 1. The van der Waals surface area contributed by atoms with Gasteiger partial charge in [-0.2, -0.15) is 0 Å². The van der Waals surface area contributed by atoms with Gasteiger partial charge in [0.2, 0.25) is 0 Å². The molecule has 0 fully saturated rings. The molecule has 1 N–H and O–H groups in total. The number of ether oxygens (including phenoxy) is 2. The van der Waals surface area contributed by atoms with Crippen LogP contribution in [0.1, 0.15) is 21.5 Å². The molecule has 3 aromatic rings. The molecule has 3 rings (SSSR count). The van der Waals surface area contributed by atoms with Crippen molar-refractivity contribution in [1.29, 1.82) is 0 Å². The Kier molecular flexibility index (Phi) is 6.65. The lowest BCUT2D eigenvalue weighted by molar-refractivity contribution is -0.130. The van der Waals surface area contributed by atoms with E-state index in [1.807, 2.05) is 30.3 Å². The first-order valence-electron chi connectivity index (χ1n) is 9.37. The minimum absolute atomic E-state index is 0.0430. The van der Waals surface area contributed by atoms with E-state index in [2.05, 4.69) is 0 Å². The molecule has 0 bridgehead atoms. The number of benzene rings is 3. The van der Waals surface area contributed by atoms with E-state index in [-0.39, 0.29) is 23.4 Å². The number of hydrogen-bond acceptors (Lipinski definition) is 4. The summed E-state index contributed by atoms with van der Waals surface area (Å²) in [5.74, 6) is -0.383. The number of allylic oxidation sites excluding steroid dienone is 1. The molecule has 5 nitrogen and oxygen atoms in total. The highest BCUT2D eigenvalue weighted by atomic mass is 16.5. The van der Waals surface area contributed by atoms with Gasteiger partial charge in [0.15, 0.2) is 5.78 Å². The van der Waals surface area contributed by atoms with E-state index in [0.29, 0.717) is 22.6 Å². The molecule has 0 aliphatic heterocycles. The molecule has 0 saturated heterocycles. The van der Waals surface area contributed by atoms with Crippen LogP contribution in [0, 0.1) is 0 Å². The lowest BCUT2D eigenvalue weighted by Crippen LogP contribution is -2.14. The number of hydrogen-bond donors (Lipinski definition) is 1. The Morgan fingerprint density at radius 1 is 0.767 bits per heavy atom. The summed E-state index contributed by atoms with van der Waals surface area (Å²) < 4.78 is 10.4. The molecule has 5 heteroatoms. The number of carbonyl (C=O) groups excluding carboxylic acids is 1. The van der Waals surface area contributed by atoms with Gasteiger partial charge in [0.25, 0.3) is 0 Å². The number of aliphatic carboxylic acids is 1. The first-order valence-corrected chi connectivity index (χ1v) is 9.37. The van der Waals surface area contributed by atoms with Gasteiger partial charge in [0.1, 0.15) is 11.5 Å². The lowest BCUT2D eigenvalue weighted by Gasteiger charge is -2.14. The molecule has 0 saturated carbocycles. The molecule has 152 valence electrons. The molecule has 0 aliphatic rings. The highest BCUT2D eigenvalue weighted by Crippen LogP contribution is 2.28. The summed E-state index contributed by atoms with van der Waals surface area (Å²) in [6, 6.07) is 22.7. The predicted molar refractivity (Wildman–Crippen MR) is 115 cm³/mol. The fourth-order valence-corrected chi connectivity index (χ4v) is 3.20. The van der Waals surface area contributed by atoms with Crippen LogP contribution in [0.4, 0.5) is 0 Å². The molecule has 0 spiro atoms. The number of carboxylic acids is 1. The lowest BCUT2D eigenvalue weighted by atomic mass is 9.89. The fraction of sp³-hybridized carbons (Fsp3) is 0.120. The molecule has 0 radical (unpaired) electrons. The normalized spacial score (nSPS) is 11.4. The maximum absolute atomic E-state index is 13.4. The molecule has 0 heterocycles. The van der Waals surface area contributed by atoms with Gasteiger partial charge < -0.3 is 14.6 Å². The van der Waals surface area contributed by atoms with Crippen molar-refractivity contribution in [2.24, 2.45) is 0 Å². The Balaban J connectivity index is 2.18. The van der Waals surface area contributed by atoms with Crippen molar-refractivity contribution >= 4 is 17.3 Å². The van der Waals surface area contributed by atoms with Gasteiger partial charge in [-0.3, -0.25) is 4.79 Å². The molecule has 0 aromatic heterocycles. The molecule has 0 aliphatic carbocycles. The third-order valence-electron chi connectivity index (χ3n) is 4.72. The minimum Gasteiger partial charge on any atom is -0.497 e. The number of rotatable bonds is 8. The van der Waals surface area contributed by atoms with Gasteiger partial charge in [-0.15, -0.1) is 0 Å². The van der Waals surface area contributed by atoms with Crippen molar-refractivity contribution in [3.8, 4) is 11.5 Å². The Labute approximate surface area is 175 Å². The van der Waals surface area contributed by atoms with E-state index in [1.165, 1.54) is 7.11 Å². The van der Waals surface area contributed by atoms with Crippen LogP contribution in [0.2, 0.25) is 0 Å². The van der Waals surface area contributed by atoms with Crippen LogP contribution in [-0.2, 0) is 11.2 Å². The summed E-state index contributed by atoms with van der Waals surface area (Å²) in [6.07, 6.45) is 0.185. The third-order valence-corrected chi connectivity index (χ3v) is 4.72. The highest BCUT2D eigenvalue weighted by molar-refractivity contribution is 6.26. The average Bonchev–Trinajstić information content (AvgIpc) is 2.79. The maximum atomic E-state index is 13.4. The fourth-order valence-electron chi connectivity index (χ4n) is 3.20. The first-order chi connectivity index (χ1) is 14.5. The second kappa shape index (κ2) is 9.56. The molecule has 3 aromatic carbocycles. The maximum Gasteiger partial charge on any atom is 0.336 e. The zero-order valence-electron chi connectivity index (χ0n) is 16.8. The zero-order chi connectivity index (χ0) is 21.5. The number of carboxylic acid groups (broad SMARTS) is 1. The topological polar surface area (TPSA) is 72.8 Å².